The van der Waals surface area contributed by atoms with Crippen LogP contribution in [0, 0.1) is 6.92 Å². The summed E-state index contributed by atoms with van der Waals surface area (Å²) in [6.07, 6.45) is -2.99. The molecule has 0 aliphatic carbocycles. The first-order valence-corrected chi connectivity index (χ1v) is 8.16. The van der Waals surface area contributed by atoms with E-state index < -0.39 is 11.7 Å². The van der Waals surface area contributed by atoms with Gasteiger partial charge in [-0.15, -0.1) is 0 Å². The lowest BCUT2D eigenvalue weighted by atomic mass is 10.1. The molecule has 1 aliphatic heterocycles. The Hall–Kier alpha value is -2.54. The third kappa shape index (κ3) is 4.30. The van der Waals surface area contributed by atoms with Gasteiger partial charge in [-0.05, 0) is 60.2 Å². The van der Waals surface area contributed by atoms with Gasteiger partial charge in [-0.25, -0.2) is 4.99 Å². The molecule has 0 bridgehead atoms. The van der Waals surface area contributed by atoms with E-state index in [1.807, 2.05) is 25.1 Å². The number of halogens is 3. The smallest absolute Gasteiger partial charge is 0.300 e. The Labute approximate surface area is 146 Å². The molecule has 0 atom stereocenters. The SMILES string of the molecule is Cc1cccc(N=C2NC(=O)/C(=C/c3cccc(C(F)(F)F)c3)S2)c1. The van der Waals surface area contributed by atoms with Crippen molar-refractivity contribution in [2.45, 2.75) is 13.1 Å². The van der Waals surface area contributed by atoms with E-state index in [-0.39, 0.29) is 5.91 Å². The molecule has 1 heterocycles. The van der Waals surface area contributed by atoms with Crippen LogP contribution >= 0.6 is 11.8 Å². The quantitative estimate of drug-likeness (QED) is 0.772. The first-order chi connectivity index (χ1) is 11.8. The number of alkyl halides is 3. The number of hydrogen-bond acceptors (Lipinski definition) is 3. The number of amidine groups is 1. The Morgan fingerprint density at radius 1 is 1.12 bits per heavy atom. The van der Waals surface area contributed by atoms with Crippen molar-refractivity contribution in [3.8, 4) is 0 Å². The largest absolute Gasteiger partial charge is 0.416 e. The van der Waals surface area contributed by atoms with Crippen LogP contribution in [0.1, 0.15) is 16.7 Å². The van der Waals surface area contributed by atoms with E-state index in [1.165, 1.54) is 18.2 Å². The third-order valence-corrected chi connectivity index (χ3v) is 4.30. The average Bonchev–Trinajstić information content (AvgIpc) is 2.86. The van der Waals surface area contributed by atoms with Crippen molar-refractivity contribution in [3.63, 3.8) is 0 Å². The molecule has 1 N–H and O–H groups in total. The molecule has 1 fully saturated rings. The van der Waals surface area contributed by atoms with Crippen LogP contribution < -0.4 is 5.32 Å². The number of thioether (sulfide) groups is 1. The molecule has 1 aliphatic rings. The Balaban J connectivity index is 1.85. The zero-order chi connectivity index (χ0) is 18.0. The number of carbonyl (C=O) groups excluding carboxylic acids is 1. The van der Waals surface area contributed by atoms with E-state index in [9.17, 15) is 18.0 Å². The van der Waals surface area contributed by atoms with Crippen LogP contribution in [0.3, 0.4) is 0 Å². The maximum atomic E-state index is 12.8. The van der Waals surface area contributed by atoms with Gasteiger partial charge in [0.05, 0.1) is 16.2 Å². The molecule has 1 amide bonds. The van der Waals surface area contributed by atoms with Gasteiger partial charge < -0.3 is 5.32 Å². The molecule has 0 aromatic heterocycles. The highest BCUT2D eigenvalue weighted by Crippen LogP contribution is 2.32. The first kappa shape index (κ1) is 17.3. The Kier molecular flexibility index (Phi) is 4.67. The van der Waals surface area contributed by atoms with E-state index in [1.54, 1.807) is 6.07 Å². The van der Waals surface area contributed by atoms with Gasteiger partial charge in [-0.3, -0.25) is 4.79 Å². The van der Waals surface area contributed by atoms with Gasteiger partial charge in [0.2, 0.25) is 0 Å². The summed E-state index contributed by atoms with van der Waals surface area (Å²) in [5, 5.41) is 3.02. The van der Waals surface area contributed by atoms with Crippen molar-refractivity contribution in [1.29, 1.82) is 0 Å². The molecule has 0 radical (unpaired) electrons. The lowest BCUT2D eigenvalue weighted by molar-refractivity contribution is -0.137. The van der Waals surface area contributed by atoms with Crippen LogP contribution in [0.2, 0.25) is 0 Å². The summed E-state index contributed by atoms with van der Waals surface area (Å²) in [7, 11) is 0. The van der Waals surface area contributed by atoms with Gasteiger partial charge in [0.15, 0.2) is 5.17 Å². The molecule has 3 rings (SSSR count). The summed E-state index contributed by atoms with van der Waals surface area (Å²) >= 11 is 1.10. The van der Waals surface area contributed by atoms with Crippen LogP contribution in [0.4, 0.5) is 18.9 Å². The van der Waals surface area contributed by atoms with Crippen molar-refractivity contribution in [3.05, 3.63) is 70.1 Å². The standard InChI is InChI=1S/C18H13F3N2OS/c1-11-4-2-7-14(8-11)22-17-23-16(24)15(25-17)10-12-5-3-6-13(9-12)18(19,20)21/h2-10H,1H3,(H,22,23,24)/b15-10-. The lowest BCUT2D eigenvalue weighted by Gasteiger charge is -2.06. The van der Waals surface area contributed by atoms with Crippen molar-refractivity contribution >= 4 is 34.6 Å². The number of carbonyl (C=O) groups is 1. The first-order valence-electron chi connectivity index (χ1n) is 7.35. The second kappa shape index (κ2) is 6.76. The molecule has 2 aromatic carbocycles. The van der Waals surface area contributed by atoms with Crippen molar-refractivity contribution in [2.24, 2.45) is 4.99 Å². The van der Waals surface area contributed by atoms with Crippen molar-refractivity contribution in [1.82, 2.24) is 5.32 Å². The molecule has 3 nitrogen and oxygen atoms in total. The van der Waals surface area contributed by atoms with E-state index in [0.29, 0.717) is 21.3 Å². The maximum Gasteiger partial charge on any atom is 0.416 e. The Bertz CT molecular complexity index is 888. The molecule has 0 unspecified atom stereocenters. The second-order valence-corrected chi connectivity index (χ2v) is 6.47. The number of hydrogen-bond donors (Lipinski definition) is 1. The van der Waals surface area contributed by atoms with Gasteiger partial charge in [-0.2, -0.15) is 13.2 Å². The number of benzene rings is 2. The van der Waals surface area contributed by atoms with E-state index >= 15 is 0 Å². The molecule has 7 heteroatoms. The summed E-state index contributed by atoms with van der Waals surface area (Å²) in [5.41, 5.74) is 1.29. The number of aliphatic imine (C=N–C) groups is 1. The molecular weight excluding hydrogens is 349 g/mol. The van der Waals surface area contributed by atoms with E-state index in [2.05, 4.69) is 10.3 Å². The third-order valence-electron chi connectivity index (χ3n) is 3.39. The zero-order valence-electron chi connectivity index (χ0n) is 13.1. The monoisotopic (exact) mass is 362 g/mol. The predicted octanol–water partition coefficient (Wildman–Crippen LogP) is 4.91. The van der Waals surface area contributed by atoms with Crippen LogP contribution in [-0.2, 0) is 11.0 Å². The highest BCUT2D eigenvalue weighted by atomic mass is 32.2. The van der Waals surface area contributed by atoms with E-state index in [4.69, 9.17) is 0 Å². The summed E-state index contributed by atoms with van der Waals surface area (Å²) in [4.78, 5) is 16.7. The normalized spacial score (nSPS) is 18.0. The number of nitrogens with zero attached hydrogens (tertiary/aromatic N) is 1. The fourth-order valence-corrected chi connectivity index (χ4v) is 3.09. The number of nitrogens with one attached hydrogen (secondary N) is 1. The lowest BCUT2D eigenvalue weighted by Crippen LogP contribution is -2.19. The minimum atomic E-state index is -4.42. The summed E-state index contributed by atoms with van der Waals surface area (Å²) in [5.74, 6) is -0.381. The molecule has 128 valence electrons. The van der Waals surface area contributed by atoms with Gasteiger partial charge in [0.25, 0.3) is 5.91 Å². The average molecular weight is 362 g/mol. The van der Waals surface area contributed by atoms with Gasteiger partial charge in [0.1, 0.15) is 0 Å². The summed E-state index contributed by atoms with van der Waals surface area (Å²) < 4.78 is 38.3. The Morgan fingerprint density at radius 3 is 2.60 bits per heavy atom. The fraction of sp³-hybridized carbons (Fsp3) is 0.111. The van der Waals surface area contributed by atoms with Crippen LogP contribution in [0.5, 0.6) is 0 Å². The van der Waals surface area contributed by atoms with E-state index in [0.717, 1.165) is 29.5 Å². The number of rotatable bonds is 2. The molecule has 1 saturated heterocycles. The topological polar surface area (TPSA) is 41.5 Å². The minimum absolute atomic E-state index is 0.297. The summed E-state index contributed by atoms with van der Waals surface area (Å²) in [6, 6.07) is 12.3. The molecular formula is C18H13F3N2OS. The van der Waals surface area contributed by atoms with Crippen LogP contribution in [0.15, 0.2) is 58.4 Å². The molecule has 2 aromatic rings. The highest BCUT2D eigenvalue weighted by Gasteiger charge is 2.30. The fourth-order valence-electron chi connectivity index (χ4n) is 2.25. The minimum Gasteiger partial charge on any atom is -0.300 e. The maximum absolute atomic E-state index is 12.8. The van der Waals surface area contributed by atoms with Crippen molar-refractivity contribution < 1.29 is 18.0 Å². The van der Waals surface area contributed by atoms with Gasteiger partial charge in [0, 0.05) is 0 Å². The number of amides is 1. The predicted molar refractivity (Wildman–Crippen MR) is 93.4 cm³/mol. The Morgan fingerprint density at radius 2 is 1.88 bits per heavy atom. The van der Waals surface area contributed by atoms with Crippen molar-refractivity contribution in [2.75, 3.05) is 0 Å². The second-order valence-electron chi connectivity index (χ2n) is 5.44. The highest BCUT2D eigenvalue weighted by molar-refractivity contribution is 8.18. The molecule has 25 heavy (non-hydrogen) atoms. The van der Waals surface area contributed by atoms with Gasteiger partial charge >= 0.3 is 6.18 Å². The van der Waals surface area contributed by atoms with Crippen LogP contribution in [0.25, 0.3) is 6.08 Å². The molecule has 0 spiro atoms. The number of aryl methyl sites for hydroxylation is 1. The zero-order valence-corrected chi connectivity index (χ0v) is 13.9. The van der Waals surface area contributed by atoms with Crippen LogP contribution in [-0.4, -0.2) is 11.1 Å². The summed E-state index contributed by atoms with van der Waals surface area (Å²) in [6.45, 7) is 1.93. The molecule has 0 saturated carbocycles. The van der Waals surface area contributed by atoms with Gasteiger partial charge in [-0.1, -0.05) is 24.3 Å².